The van der Waals surface area contributed by atoms with Gasteiger partial charge in [0, 0.05) is 33.4 Å². The summed E-state index contributed by atoms with van der Waals surface area (Å²) in [6.45, 7) is 0.526. The fraction of sp³-hybridized carbons (Fsp3) is 0.375. The number of benzene rings is 1. The van der Waals surface area contributed by atoms with Gasteiger partial charge in [0.05, 0.1) is 17.3 Å². The number of aryl methyl sites for hydroxylation is 1. The van der Waals surface area contributed by atoms with Crippen LogP contribution in [0.4, 0.5) is 23.7 Å². The van der Waals surface area contributed by atoms with Crippen LogP contribution >= 0.6 is 11.6 Å². The summed E-state index contributed by atoms with van der Waals surface area (Å²) in [5.41, 5.74) is -0.00709. The molecule has 0 aliphatic rings. The molecule has 2 amide bonds. The lowest BCUT2D eigenvalue weighted by atomic mass is 10.2. The van der Waals surface area contributed by atoms with Crippen molar-refractivity contribution in [3.63, 3.8) is 0 Å². The number of nitrogens with one attached hydrogen (secondary N) is 1. The van der Waals surface area contributed by atoms with Gasteiger partial charge in [-0.05, 0) is 17.7 Å². The van der Waals surface area contributed by atoms with Crippen molar-refractivity contribution in [1.29, 1.82) is 0 Å². The lowest BCUT2D eigenvalue weighted by molar-refractivity contribution is 0.145. The molecule has 1 heterocycles. The van der Waals surface area contributed by atoms with Crippen molar-refractivity contribution in [2.45, 2.75) is 13.0 Å². The molecular formula is C16H18ClF3N4O2. The van der Waals surface area contributed by atoms with Gasteiger partial charge in [-0.1, -0.05) is 17.7 Å². The number of rotatable bonds is 7. The van der Waals surface area contributed by atoms with E-state index in [2.05, 4.69) is 10.4 Å². The molecular weight excluding hydrogens is 373 g/mol. The molecule has 0 spiro atoms. The summed E-state index contributed by atoms with van der Waals surface area (Å²) in [5.74, 6) is -0.569. The second-order valence-electron chi connectivity index (χ2n) is 5.50. The van der Waals surface area contributed by atoms with Gasteiger partial charge in [-0.3, -0.25) is 4.68 Å². The molecule has 0 atom stereocenters. The smallest absolute Gasteiger partial charge is 0.322 e. The van der Waals surface area contributed by atoms with E-state index in [9.17, 15) is 18.0 Å². The summed E-state index contributed by atoms with van der Waals surface area (Å²) in [4.78, 5) is 13.9. The second-order valence-corrected chi connectivity index (χ2v) is 5.90. The Morgan fingerprint density at radius 1 is 1.46 bits per heavy atom. The van der Waals surface area contributed by atoms with E-state index in [0.29, 0.717) is 5.56 Å². The number of halogens is 4. The third-order valence-corrected chi connectivity index (χ3v) is 3.81. The fourth-order valence-corrected chi connectivity index (χ4v) is 2.47. The van der Waals surface area contributed by atoms with Crippen LogP contribution in [0.25, 0.3) is 0 Å². The van der Waals surface area contributed by atoms with Gasteiger partial charge in [-0.15, -0.1) is 0 Å². The number of methoxy groups -OCH3 is 1. The topological polar surface area (TPSA) is 59.4 Å². The van der Waals surface area contributed by atoms with Crippen LogP contribution in [0.3, 0.4) is 0 Å². The lowest BCUT2D eigenvalue weighted by Crippen LogP contribution is -2.37. The van der Waals surface area contributed by atoms with Gasteiger partial charge in [0.15, 0.2) is 5.69 Å². The molecule has 0 fully saturated rings. The van der Waals surface area contributed by atoms with Gasteiger partial charge in [-0.2, -0.15) is 5.10 Å². The number of hydrogen-bond donors (Lipinski definition) is 1. The second kappa shape index (κ2) is 8.91. The molecule has 0 radical (unpaired) electrons. The molecule has 2 aromatic rings. The molecule has 0 bridgehead atoms. The maximum atomic E-state index is 13.3. The van der Waals surface area contributed by atoms with Crippen LogP contribution in [0.15, 0.2) is 24.4 Å². The molecule has 0 unspecified atom stereocenters. The first-order chi connectivity index (χ1) is 12.3. The summed E-state index contributed by atoms with van der Waals surface area (Å²) < 4.78 is 45.5. The third kappa shape index (κ3) is 5.12. The first-order valence-electron chi connectivity index (χ1n) is 7.62. The zero-order chi connectivity index (χ0) is 19.3. The van der Waals surface area contributed by atoms with E-state index in [1.807, 2.05) is 0 Å². The van der Waals surface area contributed by atoms with Crippen molar-refractivity contribution in [1.82, 2.24) is 14.7 Å². The number of hydrogen-bond acceptors (Lipinski definition) is 3. The molecule has 6 nitrogen and oxygen atoms in total. The summed E-state index contributed by atoms with van der Waals surface area (Å²) in [6.07, 6.45) is -1.53. The number of aromatic nitrogens is 2. The first kappa shape index (κ1) is 20.1. The van der Waals surface area contributed by atoms with Crippen molar-refractivity contribution >= 4 is 23.3 Å². The van der Waals surface area contributed by atoms with E-state index in [4.69, 9.17) is 16.3 Å². The average molecular weight is 391 g/mol. The molecule has 1 aromatic heterocycles. The fourth-order valence-electron chi connectivity index (χ4n) is 2.27. The highest BCUT2D eigenvalue weighted by Crippen LogP contribution is 2.25. The number of alkyl halides is 2. The molecule has 0 aliphatic carbocycles. The summed E-state index contributed by atoms with van der Waals surface area (Å²) in [7, 11) is 2.95. The minimum absolute atomic E-state index is 0.0677. The molecule has 0 saturated heterocycles. The maximum absolute atomic E-state index is 13.3. The van der Waals surface area contributed by atoms with Gasteiger partial charge in [0.25, 0.3) is 6.43 Å². The number of carbonyl (C=O) groups is 1. The zero-order valence-corrected chi connectivity index (χ0v) is 14.9. The monoisotopic (exact) mass is 390 g/mol. The molecule has 0 aliphatic heterocycles. The van der Waals surface area contributed by atoms with Crippen LogP contribution in [-0.2, 0) is 18.3 Å². The van der Waals surface area contributed by atoms with Crippen molar-refractivity contribution < 1.29 is 22.7 Å². The Hall–Kier alpha value is -2.26. The van der Waals surface area contributed by atoms with Crippen molar-refractivity contribution in [2.24, 2.45) is 7.05 Å². The zero-order valence-electron chi connectivity index (χ0n) is 14.2. The Labute approximate surface area is 153 Å². The predicted molar refractivity (Wildman–Crippen MR) is 90.9 cm³/mol. The SMILES string of the molecule is COCCN(Cc1ccc(F)c(Cl)c1)C(=O)Nc1cn(C)nc1C(F)F. The van der Waals surface area contributed by atoms with E-state index in [-0.39, 0.29) is 30.4 Å². The van der Waals surface area contributed by atoms with Crippen molar-refractivity contribution in [3.8, 4) is 0 Å². The average Bonchev–Trinajstić information content (AvgIpc) is 2.95. The minimum atomic E-state index is -2.82. The Kier molecular flexibility index (Phi) is 6.87. The predicted octanol–water partition coefficient (Wildman–Crippen LogP) is 3.83. The molecule has 2 rings (SSSR count). The molecule has 142 valence electrons. The number of nitrogens with zero attached hydrogens (tertiary/aromatic N) is 3. The van der Waals surface area contributed by atoms with Crippen LogP contribution in [0.1, 0.15) is 17.7 Å². The molecule has 10 heteroatoms. The summed E-state index contributed by atoms with van der Waals surface area (Å²) in [5, 5.41) is 6.00. The van der Waals surface area contributed by atoms with Crippen LogP contribution < -0.4 is 5.32 Å². The highest BCUT2D eigenvalue weighted by atomic mass is 35.5. The van der Waals surface area contributed by atoms with E-state index < -0.39 is 24.0 Å². The van der Waals surface area contributed by atoms with E-state index >= 15 is 0 Å². The third-order valence-electron chi connectivity index (χ3n) is 3.52. The largest absolute Gasteiger partial charge is 0.383 e. The quantitative estimate of drug-likeness (QED) is 0.781. The lowest BCUT2D eigenvalue weighted by Gasteiger charge is -2.23. The van der Waals surface area contributed by atoms with Crippen molar-refractivity contribution in [2.75, 3.05) is 25.6 Å². The van der Waals surface area contributed by atoms with E-state index in [0.717, 1.165) is 0 Å². The van der Waals surface area contributed by atoms with Crippen LogP contribution in [-0.4, -0.2) is 41.0 Å². The number of amides is 2. The van der Waals surface area contributed by atoms with Gasteiger partial charge >= 0.3 is 6.03 Å². The minimum Gasteiger partial charge on any atom is -0.383 e. The molecule has 1 aromatic carbocycles. The number of anilines is 1. The van der Waals surface area contributed by atoms with Crippen LogP contribution in [0.5, 0.6) is 0 Å². The highest BCUT2D eigenvalue weighted by molar-refractivity contribution is 6.30. The first-order valence-corrected chi connectivity index (χ1v) is 8.00. The van der Waals surface area contributed by atoms with Gasteiger partial charge < -0.3 is 15.0 Å². The molecule has 26 heavy (non-hydrogen) atoms. The Morgan fingerprint density at radius 2 is 2.19 bits per heavy atom. The normalized spacial score (nSPS) is 11.0. The Balaban J connectivity index is 2.17. The highest BCUT2D eigenvalue weighted by Gasteiger charge is 2.22. The summed E-state index contributed by atoms with van der Waals surface area (Å²) >= 11 is 5.76. The molecule has 1 N–H and O–H groups in total. The Morgan fingerprint density at radius 3 is 2.81 bits per heavy atom. The van der Waals surface area contributed by atoms with Crippen molar-refractivity contribution in [3.05, 3.63) is 46.5 Å². The maximum Gasteiger partial charge on any atom is 0.322 e. The Bertz CT molecular complexity index is 770. The number of carbonyl (C=O) groups excluding carboxylic acids is 1. The summed E-state index contributed by atoms with van der Waals surface area (Å²) in [6, 6.07) is 3.47. The van der Waals surface area contributed by atoms with Crippen LogP contribution in [0, 0.1) is 5.82 Å². The molecule has 0 saturated carbocycles. The van der Waals surface area contributed by atoms with Gasteiger partial charge in [-0.25, -0.2) is 18.0 Å². The van der Waals surface area contributed by atoms with Crippen LogP contribution in [0.2, 0.25) is 5.02 Å². The standard InChI is InChI=1S/C16H18ClF3N4O2/c1-23-9-13(14(22-23)15(19)20)21-16(25)24(5-6-26-2)8-10-3-4-12(18)11(17)7-10/h3-4,7,9,15H,5-6,8H2,1-2H3,(H,21,25). The van der Waals surface area contributed by atoms with Gasteiger partial charge in [0.1, 0.15) is 5.82 Å². The van der Waals surface area contributed by atoms with E-state index in [1.54, 1.807) is 0 Å². The van der Waals surface area contributed by atoms with Gasteiger partial charge in [0.2, 0.25) is 0 Å². The van der Waals surface area contributed by atoms with E-state index in [1.165, 1.54) is 48.1 Å². The number of urea groups is 1. The number of ether oxygens (including phenoxy) is 1.